The molecule has 0 radical (unpaired) electrons. The third kappa shape index (κ3) is 4.25. The van der Waals surface area contributed by atoms with Gasteiger partial charge in [-0.05, 0) is 49.8 Å². The predicted octanol–water partition coefficient (Wildman–Crippen LogP) is 4.49. The second kappa shape index (κ2) is 8.81. The number of fused-ring (bicyclic) bond motifs is 2. The van der Waals surface area contributed by atoms with Crippen molar-refractivity contribution in [3.8, 4) is 0 Å². The lowest BCUT2D eigenvalue weighted by atomic mass is 9.88. The Hall–Kier alpha value is -2.32. The summed E-state index contributed by atoms with van der Waals surface area (Å²) >= 11 is 2.85. The Kier molecular flexibility index (Phi) is 6.15. The second-order valence-electron chi connectivity index (χ2n) is 7.62. The number of hydrogen-bond acceptors (Lipinski definition) is 6. The van der Waals surface area contributed by atoms with Crippen LogP contribution in [0.1, 0.15) is 47.5 Å². The van der Waals surface area contributed by atoms with E-state index in [4.69, 9.17) is 4.74 Å². The van der Waals surface area contributed by atoms with Crippen LogP contribution in [0.5, 0.6) is 0 Å². The lowest BCUT2D eigenvalue weighted by Gasteiger charge is -2.23. The highest BCUT2D eigenvalue weighted by Crippen LogP contribution is 2.41. The largest absolute Gasteiger partial charge is 0.462 e. The zero-order valence-electron chi connectivity index (χ0n) is 16.9. The molecule has 1 aliphatic carbocycles. The molecule has 4 rings (SSSR count). The maximum atomic E-state index is 12.8. The molecular formula is C22H24N2O4S2. The van der Waals surface area contributed by atoms with Gasteiger partial charge in [0.2, 0.25) is 11.8 Å². The molecule has 8 heteroatoms. The zero-order valence-corrected chi connectivity index (χ0v) is 18.6. The van der Waals surface area contributed by atoms with Crippen molar-refractivity contribution in [3.63, 3.8) is 0 Å². The highest BCUT2D eigenvalue weighted by molar-refractivity contribution is 8.01. The summed E-state index contributed by atoms with van der Waals surface area (Å²) in [5, 5.41) is 5.79. The molecule has 2 amide bonds. The molecular weight excluding hydrogens is 420 g/mol. The molecule has 1 aliphatic heterocycles. The van der Waals surface area contributed by atoms with Gasteiger partial charge in [-0.15, -0.1) is 23.1 Å². The number of rotatable bonds is 5. The highest BCUT2D eigenvalue weighted by atomic mass is 32.2. The molecule has 2 aliphatic rings. The van der Waals surface area contributed by atoms with Gasteiger partial charge in [0.05, 0.1) is 23.1 Å². The molecule has 1 aromatic carbocycles. The highest BCUT2D eigenvalue weighted by Gasteiger charge is 2.32. The maximum Gasteiger partial charge on any atom is 0.341 e. The first-order valence-electron chi connectivity index (χ1n) is 10.1. The zero-order chi connectivity index (χ0) is 21.3. The number of nitrogens with one attached hydrogen (secondary N) is 2. The molecule has 2 aromatic rings. The molecule has 2 atom stereocenters. The lowest BCUT2D eigenvalue weighted by molar-refractivity contribution is -0.120. The molecule has 30 heavy (non-hydrogen) atoms. The van der Waals surface area contributed by atoms with Crippen LogP contribution >= 0.6 is 23.1 Å². The third-order valence-electron chi connectivity index (χ3n) is 5.32. The normalized spacial score (nSPS) is 20.0. The van der Waals surface area contributed by atoms with Crippen LogP contribution in [-0.2, 0) is 27.2 Å². The molecule has 1 aromatic heterocycles. The summed E-state index contributed by atoms with van der Waals surface area (Å²) in [7, 11) is 0. The van der Waals surface area contributed by atoms with Gasteiger partial charge >= 0.3 is 5.97 Å². The number of ether oxygens (including phenoxy) is 1. The summed E-state index contributed by atoms with van der Waals surface area (Å²) in [4.78, 5) is 39.9. The molecule has 158 valence electrons. The predicted molar refractivity (Wildman–Crippen MR) is 119 cm³/mol. The number of amides is 2. The summed E-state index contributed by atoms with van der Waals surface area (Å²) in [5.41, 5.74) is 2.27. The van der Waals surface area contributed by atoms with Gasteiger partial charge in [0.15, 0.2) is 0 Å². The van der Waals surface area contributed by atoms with Crippen LogP contribution in [0.25, 0.3) is 0 Å². The van der Waals surface area contributed by atoms with Crippen LogP contribution in [0.2, 0.25) is 0 Å². The van der Waals surface area contributed by atoms with Crippen LogP contribution in [0.15, 0.2) is 29.2 Å². The Balaban J connectivity index is 1.52. The summed E-state index contributed by atoms with van der Waals surface area (Å²) in [6, 6.07) is 7.54. The lowest BCUT2D eigenvalue weighted by Crippen LogP contribution is -2.32. The van der Waals surface area contributed by atoms with Crippen LogP contribution in [-0.4, -0.2) is 29.6 Å². The number of benzene rings is 1. The fourth-order valence-electron chi connectivity index (χ4n) is 3.83. The number of para-hydroxylation sites is 1. The molecule has 0 saturated heterocycles. The van der Waals surface area contributed by atoms with Gasteiger partial charge in [-0.1, -0.05) is 19.1 Å². The van der Waals surface area contributed by atoms with Crippen LogP contribution in [0, 0.1) is 5.92 Å². The summed E-state index contributed by atoms with van der Waals surface area (Å²) in [5.74, 6) is -0.297. The first-order chi connectivity index (χ1) is 14.5. The fourth-order valence-corrected chi connectivity index (χ4v) is 6.36. The van der Waals surface area contributed by atoms with Gasteiger partial charge in [-0.2, -0.15) is 0 Å². The number of hydrogen-bond donors (Lipinski definition) is 2. The van der Waals surface area contributed by atoms with Crippen LogP contribution < -0.4 is 10.6 Å². The van der Waals surface area contributed by atoms with Crippen molar-refractivity contribution in [2.75, 3.05) is 17.2 Å². The standard InChI is InChI=1S/C22H24N2O4S2/c1-3-28-22(27)19-13-9-8-12(2)10-16(13)30-21(19)24-18(25)11-17-20(26)23-14-6-4-5-7-15(14)29-17/h4-7,12,17H,3,8-11H2,1-2H3,(H,23,26)(H,24,25)/t12-,17-/m0/s1. The van der Waals surface area contributed by atoms with E-state index in [0.29, 0.717) is 16.5 Å². The van der Waals surface area contributed by atoms with E-state index < -0.39 is 11.2 Å². The van der Waals surface area contributed by atoms with Gasteiger partial charge in [0.1, 0.15) is 5.00 Å². The minimum Gasteiger partial charge on any atom is -0.462 e. The molecule has 0 unspecified atom stereocenters. The summed E-state index contributed by atoms with van der Waals surface area (Å²) in [6.07, 6.45) is 2.77. The van der Waals surface area contributed by atoms with Gasteiger partial charge in [0.25, 0.3) is 0 Å². The van der Waals surface area contributed by atoms with E-state index in [1.807, 2.05) is 24.3 Å². The fraction of sp³-hybridized carbons (Fsp3) is 0.409. The third-order valence-corrected chi connectivity index (χ3v) is 7.77. The SMILES string of the molecule is CCOC(=O)c1c(NC(=O)C[C@@H]2Sc3ccccc3NC2=O)sc2c1CC[C@H](C)C2. The van der Waals surface area contributed by atoms with E-state index >= 15 is 0 Å². The first kappa shape index (κ1) is 20.9. The Morgan fingerprint density at radius 3 is 2.90 bits per heavy atom. The van der Waals surface area contributed by atoms with E-state index in [0.717, 1.165) is 40.3 Å². The molecule has 0 fully saturated rings. The van der Waals surface area contributed by atoms with Crippen LogP contribution in [0.4, 0.5) is 10.7 Å². The molecule has 2 N–H and O–H groups in total. The van der Waals surface area contributed by atoms with Gasteiger partial charge in [-0.3, -0.25) is 9.59 Å². The molecule has 0 spiro atoms. The molecule has 0 bridgehead atoms. The van der Waals surface area contributed by atoms with Crippen molar-refractivity contribution in [1.29, 1.82) is 0 Å². The Morgan fingerprint density at radius 2 is 2.10 bits per heavy atom. The minimum absolute atomic E-state index is 0.0338. The number of thioether (sulfide) groups is 1. The Labute approximate surface area is 183 Å². The van der Waals surface area contributed by atoms with Crippen molar-refractivity contribution < 1.29 is 19.1 Å². The van der Waals surface area contributed by atoms with E-state index in [2.05, 4.69) is 17.6 Å². The van der Waals surface area contributed by atoms with Crippen LogP contribution in [0.3, 0.4) is 0 Å². The number of thiophene rings is 1. The Bertz CT molecular complexity index is 1000. The topological polar surface area (TPSA) is 84.5 Å². The molecule has 0 saturated carbocycles. The van der Waals surface area contributed by atoms with E-state index in [1.165, 1.54) is 23.1 Å². The molecule has 6 nitrogen and oxygen atoms in total. The van der Waals surface area contributed by atoms with Crippen molar-refractivity contribution in [3.05, 3.63) is 40.3 Å². The quantitative estimate of drug-likeness (QED) is 0.664. The van der Waals surface area contributed by atoms with E-state index in [9.17, 15) is 14.4 Å². The minimum atomic E-state index is -0.513. The van der Waals surface area contributed by atoms with E-state index in [1.54, 1.807) is 6.92 Å². The average molecular weight is 445 g/mol. The van der Waals surface area contributed by atoms with Crippen molar-refractivity contribution in [2.24, 2.45) is 5.92 Å². The van der Waals surface area contributed by atoms with E-state index in [-0.39, 0.29) is 24.8 Å². The molecule has 2 heterocycles. The number of carbonyl (C=O) groups excluding carboxylic acids is 3. The number of anilines is 2. The van der Waals surface area contributed by atoms with Crippen molar-refractivity contribution >= 4 is 51.6 Å². The van der Waals surface area contributed by atoms with Crippen molar-refractivity contribution in [2.45, 2.75) is 49.7 Å². The number of esters is 1. The van der Waals surface area contributed by atoms with Crippen molar-refractivity contribution in [1.82, 2.24) is 0 Å². The average Bonchev–Trinajstić information content (AvgIpc) is 3.05. The monoisotopic (exact) mass is 444 g/mol. The summed E-state index contributed by atoms with van der Waals surface area (Å²) < 4.78 is 5.26. The van der Waals surface area contributed by atoms with Gasteiger partial charge in [-0.25, -0.2) is 4.79 Å². The Morgan fingerprint density at radius 1 is 1.30 bits per heavy atom. The maximum absolute atomic E-state index is 12.8. The van der Waals surface area contributed by atoms with Gasteiger partial charge < -0.3 is 15.4 Å². The number of carbonyl (C=O) groups is 3. The first-order valence-corrected chi connectivity index (χ1v) is 11.8. The smallest absolute Gasteiger partial charge is 0.341 e. The van der Waals surface area contributed by atoms with Gasteiger partial charge in [0, 0.05) is 16.2 Å². The summed E-state index contributed by atoms with van der Waals surface area (Å²) in [6.45, 7) is 4.25. The second-order valence-corrected chi connectivity index (χ2v) is 9.97.